The highest BCUT2D eigenvalue weighted by atomic mass is 16.2. The summed E-state index contributed by atoms with van der Waals surface area (Å²) in [6, 6.07) is 0.383. The van der Waals surface area contributed by atoms with Crippen molar-refractivity contribution in [2.45, 2.75) is 59.4 Å². The fraction of sp³-hybridized carbons (Fsp3) is 0.938. The van der Waals surface area contributed by atoms with E-state index in [0.29, 0.717) is 17.9 Å². The van der Waals surface area contributed by atoms with Gasteiger partial charge >= 0.3 is 0 Å². The number of amides is 1. The molecule has 19 heavy (non-hydrogen) atoms. The third-order valence-electron chi connectivity index (χ3n) is 5.06. The van der Waals surface area contributed by atoms with E-state index in [1.54, 1.807) is 0 Å². The van der Waals surface area contributed by atoms with E-state index in [2.05, 4.69) is 38.3 Å². The normalized spacial score (nSPS) is 36.2. The fourth-order valence-corrected chi connectivity index (χ4v) is 3.79. The van der Waals surface area contributed by atoms with Gasteiger partial charge < -0.3 is 10.6 Å². The largest absolute Gasteiger partial charge is 0.353 e. The first-order valence-electron chi connectivity index (χ1n) is 7.90. The van der Waals surface area contributed by atoms with Gasteiger partial charge in [0.15, 0.2) is 0 Å². The van der Waals surface area contributed by atoms with Crippen molar-refractivity contribution in [2.75, 3.05) is 13.1 Å². The molecule has 110 valence electrons. The summed E-state index contributed by atoms with van der Waals surface area (Å²) in [7, 11) is 0. The van der Waals surface area contributed by atoms with Gasteiger partial charge in [0.2, 0.25) is 5.91 Å². The lowest BCUT2D eigenvalue weighted by molar-refractivity contribution is -0.127. The van der Waals surface area contributed by atoms with Gasteiger partial charge in [-0.3, -0.25) is 4.79 Å². The van der Waals surface area contributed by atoms with E-state index in [1.165, 1.54) is 19.3 Å². The van der Waals surface area contributed by atoms with E-state index < -0.39 is 0 Å². The van der Waals surface area contributed by atoms with Gasteiger partial charge in [-0.05, 0) is 36.6 Å². The molecular weight excluding hydrogens is 236 g/mol. The zero-order chi connectivity index (χ0) is 14.0. The van der Waals surface area contributed by atoms with Crippen LogP contribution >= 0.6 is 0 Å². The highest BCUT2D eigenvalue weighted by molar-refractivity contribution is 5.79. The lowest BCUT2D eigenvalue weighted by atomic mass is 9.69. The van der Waals surface area contributed by atoms with E-state index in [1.807, 2.05) is 0 Å². The number of hydrogen-bond acceptors (Lipinski definition) is 2. The number of rotatable bonds is 2. The van der Waals surface area contributed by atoms with Crippen molar-refractivity contribution in [3.05, 3.63) is 0 Å². The van der Waals surface area contributed by atoms with E-state index in [4.69, 9.17) is 0 Å². The van der Waals surface area contributed by atoms with Gasteiger partial charge in [0, 0.05) is 12.6 Å². The van der Waals surface area contributed by atoms with E-state index >= 15 is 0 Å². The van der Waals surface area contributed by atoms with Crippen molar-refractivity contribution in [1.29, 1.82) is 0 Å². The standard InChI is InChI=1S/C16H30N2O/c1-11-9-17-10-12(11)15(19)18-14-8-6-5-7-13(14)16(2,3)4/h11-14,17H,5-10H2,1-4H3,(H,18,19). The summed E-state index contributed by atoms with van der Waals surface area (Å²) in [6.45, 7) is 10.9. The molecule has 0 spiro atoms. The van der Waals surface area contributed by atoms with Crippen LogP contribution in [0.4, 0.5) is 0 Å². The molecule has 0 bridgehead atoms. The summed E-state index contributed by atoms with van der Waals surface area (Å²) < 4.78 is 0. The quantitative estimate of drug-likeness (QED) is 0.806. The maximum atomic E-state index is 12.4. The van der Waals surface area contributed by atoms with Crippen LogP contribution in [0, 0.1) is 23.2 Å². The van der Waals surface area contributed by atoms with Crippen LogP contribution in [-0.2, 0) is 4.79 Å². The van der Waals surface area contributed by atoms with Crippen molar-refractivity contribution in [3.63, 3.8) is 0 Å². The third kappa shape index (κ3) is 3.50. The number of carbonyl (C=O) groups is 1. The Morgan fingerprint density at radius 1 is 1.16 bits per heavy atom. The molecule has 3 nitrogen and oxygen atoms in total. The zero-order valence-electron chi connectivity index (χ0n) is 13.0. The van der Waals surface area contributed by atoms with Crippen LogP contribution in [0.2, 0.25) is 0 Å². The molecule has 2 rings (SSSR count). The first-order chi connectivity index (χ1) is 8.89. The highest BCUT2D eigenvalue weighted by Gasteiger charge is 2.37. The number of nitrogens with one attached hydrogen (secondary N) is 2. The van der Waals surface area contributed by atoms with E-state index in [-0.39, 0.29) is 17.2 Å². The molecule has 1 saturated carbocycles. The minimum absolute atomic E-state index is 0.169. The second kappa shape index (κ2) is 5.82. The van der Waals surface area contributed by atoms with Crippen molar-refractivity contribution in [2.24, 2.45) is 23.2 Å². The van der Waals surface area contributed by atoms with Crippen LogP contribution in [0.5, 0.6) is 0 Å². The molecular formula is C16H30N2O. The topological polar surface area (TPSA) is 41.1 Å². The van der Waals surface area contributed by atoms with Crippen LogP contribution in [0.3, 0.4) is 0 Å². The molecule has 1 aliphatic heterocycles. The molecule has 2 N–H and O–H groups in total. The number of carbonyl (C=O) groups excluding carboxylic acids is 1. The summed E-state index contributed by atoms with van der Waals surface area (Å²) in [5.74, 6) is 1.53. The Balaban J connectivity index is 1.97. The summed E-state index contributed by atoms with van der Waals surface area (Å²) in [6.07, 6.45) is 4.99. The monoisotopic (exact) mass is 266 g/mol. The Morgan fingerprint density at radius 3 is 2.42 bits per heavy atom. The van der Waals surface area contributed by atoms with Crippen molar-refractivity contribution < 1.29 is 4.79 Å². The van der Waals surface area contributed by atoms with Gasteiger partial charge in [-0.1, -0.05) is 40.5 Å². The van der Waals surface area contributed by atoms with Gasteiger partial charge in [0.05, 0.1) is 5.92 Å². The molecule has 0 aromatic heterocycles. The van der Waals surface area contributed by atoms with Crippen LogP contribution in [0.15, 0.2) is 0 Å². The van der Waals surface area contributed by atoms with Crippen molar-refractivity contribution in [3.8, 4) is 0 Å². The van der Waals surface area contributed by atoms with Crippen molar-refractivity contribution >= 4 is 5.91 Å². The molecule has 4 atom stereocenters. The molecule has 1 amide bonds. The second-order valence-electron chi connectivity index (χ2n) is 7.61. The van der Waals surface area contributed by atoms with Gasteiger partial charge in [-0.2, -0.15) is 0 Å². The average molecular weight is 266 g/mol. The second-order valence-corrected chi connectivity index (χ2v) is 7.61. The Bertz CT molecular complexity index is 321. The molecule has 1 saturated heterocycles. The van der Waals surface area contributed by atoms with Crippen LogP contribution in [-0.4, -0.2) is 25.0 Å². The van der Waals surface area contributed by atoms with E-state index in [0.717, 1.165) is 19.5 Å². The van der Waals surface area contributed by atoms with Crippen LogP contribution < -0.4 is 10.6 Å². The smallest absolute Gasteiger partial charge is 0.224 e. The molecule has 1 aliphatic carbocycles. The summed E-state index contributed by atoms with van der Waals surface area (Å²) in [4.78, 5) is 12.4. The van der Waals surface area contributed by atoms with Gasteiger partial charge in [-0.15, -0.1) is 0 Å². The Morgan fingerprint density at radius 2 is 1.84 bits per heavy atom. The predicted molar refractivity (Wildman–Crippen MR) is 78.9 cm³/mol. The van der Waals surface area contributed by atoms with E-state index in [9.17, 15) is 4.79 Å². The SMILES string of the molecule is CC1CNCC1C(=O)NC1CCCCC1C(C)(C)C. The average Bonchev–Trinajstić information content (AvgIpc) is 2.75. The molecule has 4 unspecified atom stereocenters. The fourth-order valence-electron chi connectivity index (χ4n) is 3.79. The minimum Gasteiger partial charge on any atom is -0.353 e. The van der Waals surface area contributed by atoms with Gasteiger partial charge in [0.1, 0.15) is 0 Å². The van der Waals surface area contributed by atoms with Crippen LogP contribution in [0.25, 0.3) is 0 Å². The Kier molecular flexibility index (Phi) is 4.54. The lowest BCUT2D eigenvalue weighted by Gasteiger charge is -2.41. The maximum absolute atomic E-state index is 12.4. The molecule has 2 aliphatic rings. The molecule has 1 heterocycles. The van der Waals surface area contributed by atoms with Crippen LogP contribution in [0.1, 0.15) is 53.4 Å². The molecule has 0 aromatic rings. The first kappa shape index (κ1) is 14.8. The van der Waals surface area contributed by atoms with Gasteiger partial charge in [0.25, 0.3) is 0 Å². The van der Waals surface area contributed by atoms with Gasteiger partial charge in [-0.25, -0.2) is 0 Å². The molecule has 0 aromatic carbocycles. The Labute approximate surface area is 117 Å². The Hall–Kier alpha value is -0.570. The summed E-state index contributed by atoms with van der Waals surface area (Å²) in [5.41, 5.74) is 0.290. The first-order valence-corrected chi connectivity index (χ1v) is 7.90. The molecule has 3 heteroatoms. The minimum atomic E-state index is 0.169. The predicted octanol–water partition coefficient (Wildman–Crippen LogP) is 2.56. The summed E-state index contributed by atoms with van der Waals surface area (Å²) in [5, 5.41) is 6.69. The molecule has 0 radical (unpaired) electrons. The third-order valence-corrected chi connectivity index (χ3v) is 5.06. The summed E-state index contributed by atoms with van der Waals surface area (Å²) >= 11 is 0. The number of hydrogen-bond donors (Lipinski definition) is 2. The molecule has 2 fully saturated rings. The lowest BCUT2D eigenvalue weighted by Crippen LogP contribution is -2.49. The highest BCUT2D eigenvalue weighted by Crippen LogP contribution is 2.38. The maximum Gasteiger partial charge on any atom is 0.224 e. The van der Waals surface area contributed by atoms with Crippen molar-refractivity contribution in [1.82, 2.24) is 10.6 Å². The zero-order valence-corrected chi connectivity index (χ0v) is 13.0.